The standard InChI is InChI=1S/C12H15NO4/c1-12(2)7-8-5-4-6-9(10(8)17-12)13(16-3)11(14)15/h4-6H,7H2,1-3H3,(H,14,15). The number of ether oxygens (including phenoxy) is 1. The van der Waals surface area contributed by atoms with Crippen molar-refractivity contribution in [2.75, 3.05) is 12.2 Å². The minimum Gasteiger partial charge on any atom is -0.485 e. The Hall–Kier alpha value is -1.75. The molecule has 0 aliphatic carbocycles. The molecule has 0 unspecified atom stereocenters. The Bertz CT molecular complexity index is 456. The highest BCUT2D eigenvalue weighted by atomic mass is 16.7. The van der Waals surface area contributed by atoms with E-state index in [1.165, 1.54) is 7.11 Å². The first-order valence-corrected chi connectivity index (χ1v) is 5.33. The lowest BCUT2D eigenvalue weighted by Crippen LogP contribution is -2.29. The van der Waals surface area contributed by atoms with Crippen molar-refractivity contribution < 1.29 is 19.5 Å². The van der Waals surface area contributed by atoms with E-state index in [9.17, 15) is 4.79 Å². The highest BCUT2D eigenvalue weighted by Gasteiger charge is 2.34. The lowest BCUT2D eigenvalue weighted by molar-refractivity contribution is 0.120. The summed E-state index contributed by atoms with van der Waals surface area (Å²) >= 11 is 0. The first-order chi connectivity index (χ1) is 7.94. The Labute approximate surface area is 99.5 Å². The number of fused-ring (bicyclic) bond motifs is 1. The molecule has 1 aliphatic rings. The molecule has 17 heavy (non-hydrogen) atoms. The summed E-state index contributed by atoms with van der Waals surface area (Å²) in [5.74, 6) is 0.585. The molecule has 0 atom stereocenters. The molecule has 2 rings (SSSR count). The molecule has 1 amide bonds. The number of hydroxylamine groups is 1. The molecule has 1 heterocycles. The highest BCUT2D eigenvalue weighted by Crippen LogP contribution is 2.42. The molecule has 0 radical (unpaired) electrons. The molecule has 0 spiro atoms. The van der Waals surface area contributed by atoms with E-state index < -0.39 is 6.09 Å². The molecule has 1 aromatic carbocycles. The van der Waals surface area contributed by atoms with Crippen LogP contribution in [0, 0.1) is 0 Å². The first-order valence-electron chi connectivity index (χ1n) is 5.33. The number of hydrogen-bond acceptors (Lipinski definition) is 3. The summed E-state index contributed by atoms with van der Waals surface area (Å²) in [6.07, 6.45) is -0.415. The summed E-state index contributed by atoms with van der Waals surface area (Å²) in [7, 11) is 1.31. The Morgan fingerprint density at radius 2 is 2.24 bits per heavy atom. The average molecular weight is 237 g/mol. The van der Waals surface area contributed by atoms with E-state index >= 15 is 0 Å². The van der Waals surface area contributed by atoms with Gasteiger partial charge in [-0.15, -0.1) is 5.06 Å². The number of anilines is 1. The van der Waals surface area contributed by atoms with E-state index in [-0.39, 0.29) is 5.60 Å². The molecular formula is C12H15NO4. The van der Waals surface area contributed by atoms with Gasteiger partial charge in [-0.25, -0.2) is 4.79 Å². The molecule has 92 valence electrons. The van der Waals surface area contributed by atoms with Crippen molar-refractivity contribution in [1.29, 1.82) is 0 Å². The van der Waals surface area contributed by atoms with Crippen molar-refractivity contribution in [2.45, 2.75) is 25.9 Å². The second-order valence-electron chi connectivity index (χ2n) is 4.56. The summed E-state index contributed by atoms with van der Waals surface area (Å²) < 4.78 is 5.77. The second kappa shape index (κ2) is 3.92. The fraction of sp³-hybridized carbons (Fsp3) is 0.417. The SMILES string of the molecule is CON(C(=O)O)c1cccc2c1OC(C)(C)C2. The van der Waals surface area contributed by atoms with Crippen LogP contribution in [0.4, 0.5) is 10.5 Å². The Balaban J connectivity index is 2.45. The van der Waals surface area contributed by atoms with Crippen molar-refractivity contribution in [2.24, 2.45) is 0 Å². The smallest absolute Gasteiger partial charge is 0.436 e. The van der Waals surface area contributed by atoms with Gasteiger partial charge < -0.3 is 9.84 Å². The lowest BCUT2D eigenvalue weighted by Gasteiger charge is -2.21. The molecule has 0 fully saturated rings. The van der Waals surface area contributed by atoms with Crippen molar-refractivity contribution >= 4 is 11.8 Å². The zero-order chi connectivity index (χ0) is 12.6. The molecule has 5 heteroatoms. The van der Waals surface area contributed by atoms with Crippen LogP contribution in [0.5, 0.6) is 5.75 Å². The van der Waals surface area contributed by atoms with E-state index in [1.807, 2.05) is 19.9 Å². The number of hydrogen-bond donors (Lipinski definition) is 1. The number of rotatable bonds is 2. The van der Waals surface area contributed by atoms with Gasteiger partial charge in [-0.3, -0.25) is 4.84 Å². The molecule has 0 aromatic heterocycles. The number of carboxylic acid groups (broad SMARTS) is 1. The van der Waals surface area contributed by atoms with Crippen LogP contribution in [0.15, 0.2) is 18.2 Å². The van der Waals surface area contributed by atoms with Gasteiger partial charge in [-0.2, -0.15) is 0 Å². The van der Waals surface area contributed by atoms with Crippen molar-refractivity contribution in [3.63, 3.8) is 0 Å². The van der Waals surface area contributed by atoms with Gasteiger partial charge in [0.1, 0.15) is 17.0 Å². The molecule has 5 nitrogen and oxygen atoms in total. The monoisotopic (exact) mass is 237 g/mol. The lowest BCUT2D eigenvalue weighted by atomic mass is 10.0. The number of amides is 1. The van der Waals surface area contributed by atoms with Gasteiger partial charge in [-0.1, -0.05) is 12.1 Å². The summed E-state index contributed by atoms with van der Waals surface area (Å²) in [6, 6.07) is 5.40. The number of nitrogens with zero attached hydrogens (tertiary/aromatic N) is 1. The van der Waals surface area contributed by atoms with Gasteiger partial charge in [-0.05, 0) is 19.9 Å². The van der Waals surface area contributed by atoms with Gasteiger partial charge in [0.05, 0.1) is 7.11 Å². The summed E-state index contributed by atoms with van der Waals surface area (Å²) in [6.45, 7) is 3.93. The third-order valence-electron chi connectivity index (χ3n) is 2.65. The van der Waals surface area contributed by atoms with E-state index in [0.29, 0.717) is 11.4 Å². The average Bonchev–Trinajstić information content (AvgIpc) is 2.53. The van der Waals surface area contributed by atoms with Crippen LogP contribution in [0.1, 0.15) is 19.4 Å². The first kappa shape index (κ1) is 11.7. The zero-order valence-electron chi connectivity index (χ0n) is 10.1. The van der Waals surface area contributed by atoms with Crippen LogP contribution in [-0.4, -0.2) is 23.9 Å². The number of carbonyl (C=O) groups is 1. The van der Waals surface area contributed by atoms with Gasteiger partial charge in [0.2, 0.25) is 0 Å². The van der Waals surface area contributed by atoms with E-state index in [1.54, 1.807) is 12.1 Å². The van der Waals surface area contributed by atoms with Gasteiger partial charge in [0.15, 0.2) is 0 Å². The summed E-state index contributed by atoms with van der Waals surface area (Å²) in [4.78, 5) is 15.9. The Morgan fingerprint density at radius 3 is 2.82 bits per heavy atom. The second-order valence-corrected chi connectivity index (χ2v) is 4.56. The predicted molar refractivity (Wildman–Crippen MR) is 62.4 cm³/mol. The fourth-order valence-corrected chi connectivity index (χ4v) is 2.04. The number of benzene rings is 1. The fourth-order valence-electron chi connectivity index (χ4n) is 2.04. The van der Waals surface area contributed by atoms with Crippen LogP contribution in [-0.2, 0) is 11.3 Å². The summed E-state index contributed by atoms with van der Waals surface area (Å²) in [5.41, 5.74) is 1.11. The predicted octanol–water partition coefficient (Wildman–Crippen LogP) is 2.45. The highest BCUT2D eigenvalue weighted by molar-refractivity contribution is 5.86. The van der Waals surface area contributed by atoms with E-state index in [0.717, 1.165) is 17.0 Å². The van der Waals surface area contributed by atoms with Crippen LogP contribution in [0.2, 0.25) is 0 Å². The van der Waals surface area contributed by atoms with Gasteiger partial charge in [0.25, 0.3) is 0 Å². The van der Waals surface area contributed by atoms with Gasteiger partial charge in [0, 0.05) is 12.0 Å². The molecule has 1 aliphatic heterocycles. The molecule has 0 saturated carbocycles. The Morgan fingerprint density at radius 1 is 1.53 bits per heavy atom. The molecule has 1 N–H and O–H groups in total. The van der Waals surface area contributed by atoms with E-state index in [4.69, 9.17) is 14.7 Å². The number of para-hydroxylation sites is 1. The van der Waals surface area contributed by atoms with Crippen LogP contribution in [0.25, 0.3) is 0 Å². The minimum absolute atomic E-state index is 0.309. The summed E-state index contributed by atoms with van der Waals surface area (Å²) in [5, 5.41) is 9.84. The molecule has 1 aromatic rings. The maximum atomic E-state index is 11.0. The maximum absolute atomic E-state index is 11.0. The topological polar surface area (TPSA) is 59.0 Å². The van der Waals surface area contributed by atoms with Crippen molar-refractivity contribution in [1.82, 2.24) is 0 Å². The third kappa shape index (κ3) is 2.06. The normalized spacial score (nSPS) is 16.2. The molecular weight excluding hydrogens is 222 g/mol. The Kier molecular flexibility index (Phi) is 2.71. The van der Waals surface area contributed by atoms with Gasteiger partial charge >= 0.3 is 6.09 Å². The molecule has 0 bridgehead atoms. The van der Waals surface area contributed by atoms with Crippen molar-refractivity contribution in [3.05, 3.63) is 23.8 Å². The largest absolute Gasteiger partial charge is 0.485 e. The van der Waals surface area contributed by atoms with Crippen LogP contribution >= 0.6 is 0 Å². The third-order valence-corrected chi connectivity index (χ3v) is 2.65. The van der Waals surface area contributed by atoms with Crippen LogP contribution < -0.4 is 9.80 Å². The maximum Gasteiger partial charge on any atom is 0.436 e. The van der Waals surface area contributed by atoms with E-state index in [2.05, 4.69) is 0 Å². The molecule has 0 saturated heterocycles. The zero-order valence-corrected chi connectivity index (χ0v) is 10.1. The van der Waals surface area contributed by atoms with Crippen molar-refractivity contribution in [3.8, 4) is 5.75 Å². The van der Waals surface area contributed by atoms with Crippen LogP contribution in [0.3, 0.4) is 0 Å². The minimum atomic E-state index is -1.17. The quantitative estimate of drug-likeness (QED) is 0.802.